The summed E-state index contributed by atoms with van der Waals surface area (Å²) in [6, 6.07) is 23.7. The van der Waals surface area contributed by atoms with Crippen LogP contribution in [0.25, 0.3) is 21.8 Å². The van der Waals surface area contributed by atoms with E-state index in [0.29, 0.717) is 21.2 Å². The number of hydrogen-bond acceptors (Lipinski definition) is 10. The molecule has 0 fully saturated rings. The molecular weight excluding hydrogens is 957 g/mol. The Morgan fingerprint density at radius 2 is 1.00 bits per heavy atom. The Hall–Kier alpha value is -7.84. The molecule has 0 radical (unpaired) electrons. The molecule has 0 atom stereocenters. The second-order valence-corrected chi connectivity index (χ2v) is 15.5. The van der Waals surface area contributed by atoms with Crippen molar-refractivity contribution in [3.8, 4) is 11.5 Å². The second kappa shape index (κ2) is 20.6. The van der Waals surface area contributed by atoms with Crippen LogP contribution >= 0.6 is 23.2 Å². The number of hydrogen-bond donors (Lipinski definition) is 2. The van der Waals surface area contributed by atoms with Crippen LogP contribution in [-0.2, 0) is 35.0 Å². The van der Waals surface area contributed by atoms with E-state index in [1.807, 2.05) is 0 Å². The quantitative estimate of drug-likeness (QED) is 0.0643. The largest absolute Gasteiger partial charge is 0.497 e. The summed E-state index contributed by atoms with van der Waals surface area (Å²) < 4.78 is 98.9. The third-order valence-electron chi connectivity index (χ3n) is 10.2. The molecule has 0 bridgehead atoms. The molecule has 4 aromatic carbocycles. The number of benzene rings is 4. The van der Waals surface area contributed by atoms with Crippen LogP contribution in [-0.4, -0.2) is 66.2 Å². The Morgan fingerprint density at radius 3 is 1.36 bits per heavy atom. The Bertz CT molecular complexity index is 3190. The fraction of sp³-hybridized carbons (Fsp3) is 0.149. The lowest BCUT2D eigenvalue weighted by atomic mass is 10.0. The van der Waals surface area contributed by atoms with E-state index < -0.39 is 58.2 Å². The summed E-state index contributed by atoms with van der Waals surface area (Å²) in [6.45, 7) is 1.56. The first-order valence-electron chi connectivity index (χ1n) is 20.2. The van der Waals surface area contributed by atoms with E-state index in [2.05, 4.69) is 30.6 Å². The van der Waals surface area contributed by atoms with Gasteiger partial charge in [-0.2, -0.15) is 26.3 Å². The van der Waals surface area contributed by atoms with Gasteiger partial charge < -0.3 is 29.2 Å². The van der Waals surface area contributed by atoms with Crippen LogP contribution in [0.4, 0.5) is 38.0 Å². The molecule has 0 spiro atoms. The Balaban J connectivity index is 0.000000204. The van der Waals surface area contributed by atoms with Crippen LogP contribution in [0, 0.1) is 0 Å². The van der Waals surface area contributed by atoms with Crippen LogP contribution in [0.2, 0.25) is 10.0 Å². The molecule has 4 heterocycles. The number of halogens is 8. The molecule has 22 heteroatoms. The van der Waals surface area contributed by atoms with Gasteiger partial charge in [-0.15, -0.1) is 0 Å². The molecule has 0 unspecified atom stereocenters. The number of Topliss-reactive ketones (excluding diaryl/α,β-unsaturated/α-hetero) is 2. The number of anilines is 2. The lowest BCUT2D eigenvalue weighted by Gasteiger charge is -2.15. The van der Waals surface area contributed by atoms with Gasteiger partial charge in [-0.25, -0.2) is 19.9 Å². The van der Waals surface area contributed by atoms with Crippen molar-refractivity contribution in [1.29, 1.82) is 0 Å². The molecule has 69 heavy (non-hydrogen) atoms. The molecule has 0 saturated carbocycles. The summed E-state index contributed by atoms with van der Waals surface area (Å²) in [7, 11) is 1.35. The van der Waals surface area contributed by atoms with Crippen molar-refractivity contribution in [1.82, 2.24) is 29.1 Å². The summed E-state index contributed by atoms with van der Waals surface area (Å²) in [5, 5.41) is 5.18. The third-order valence-corrected chi connectivity index (χ3v) is 10.7. The number of ether oxygens (including phenoxy) is 2. The van der Waals surface area contributed by atoms with Crippen molar-refractivity contribution in [3.05, 3.63) is 166 Å². The molecule has 8 aromatic rings. The molecule has 8 rings (SSSR count). The number of nitrogens with one attached hydrogen (secondary N) is 2. The van der Waals surface area contributed by atoms with Gasteiger partial charge in [0.05, 0.1) is 24.8 Å². The van der Waals surface area contributed by atoms with Gasteiger partial charge in [0.1, 0.15) is 47.2 Å². The van der Waals surface area contributed by atoms with E-state index in [-0.39, 0.29) is 64.6 Å². The van der Waals surface area contributed by atoms with Gasteiger partial charge in [-0.3, -0.25) is 19.2 Å². The predicted octanol–water partition coefficient (Wildman–Crippen LogP) is 10.4. The number of alkyl halides is 6. The number of ketones is 2. The number of amides is 2. The van der Waals surface area contributed by atoms with E-state index in [4.69, 9.17) is 32.7 Å². The maximum Gasteiger partial charge on any atom is 0.432 e. The van der Waals surface area contributed by atoms with Gasteiger partial charge in [0, 0.05) is 57.3 Å². The fourth-order valence-electron chi connectivity index (χ4n) is 7.28. The number of aromatic nitrogens is 6. The van der Waals surface area contributed by atoms with Crippen molar-refractivity contribution in [2.75, 3.05) is 24.4 Å². The number of carbonyl (C=O) groups is 4. The predicted molar refractivity (Wildman–Crippen MR) is 243 cm³/mol. The topological polar surface area (TPSA) is 172 Å². The molecule has 354 valence electrons. The van der Waals surface area contributed by atoms with E-state index in [1.165, 1.54) is 68.0 Å². The highest BCUT2D eigenvalue weighted by Gasteiger charge is 2.44. The lowest BCUT2D eigenvalue weighted by molar-refractivity contribution is -0.144. The van der Waals surface area contributed by atoms with Crippen LogP contribution in [0.15, 0.2) is 122 Å². The first kappa shape index (κ1) is 49.1. The number of methoxy groups -OCH3 is 1. The molecule has 0 saturated heterocycles. The zero-order valence-corrected chi connectivity index (χ0v) is 37.3. The average Bonchev–Trinajstić information content (AvgIpc) is 3.83. The average molecular weight is 992 g/mol. The van der Waals surface area contributed by atoms with Crippen molar-refractivity contribution in [2.45, 2.75) is 32.4 Å². The standard InChI is InChI=1S/C24H18ClF3N4O3.C23H16ClF3N4O3/c1-2-35-16-7-8-18-17(11-16)20(21(33)23(34)31-19-9-10-29-13-30-19)22(24(26,27)28)32(18)12-14-3-5-15(25)6-4-14;1-34-15-6-7-17-16(10-15)19(20(32)22(33)30-18-8-9-28-12-29-18)21(23(25,26)27)31(17)11-13-2-4-14(24)5-3-13/h3-11,13H,2,12H2,1H3,(H,29,30,31,34);2-10,12H,11H2,1H3,(H,28,29,30,33). The summed E-state index contributed by atoms with van der Waals surface area (Å²) in [5.74, 6) is -4.79. The zero-order chi connectivity index (χ0) is 49.6. The Labute approximate surface area is 396 Å². The van der Waals surface area contributed by atoms with Crippen molar-refractivity contribution >= 4 is 80.0 Å². The molecular formula is C47H34Cl2F6N8O6. The molecule has 0 aliphatic rings. The summed E-state index contributed by atoms with van der Waals surface area (Å²) in [4.78, 5) is 66.6. The van der Waals surface area contributed by atoms with Crippen LogP contribution in [0.3, 0.4) is 0 Å². The summed E-state index contributed by atoms with van der Waals surface area (Å²) in [5.41, 5.74) is -2.75. The SMILES string of the molecule is CCOc1ccc2c(c1)c(C(=O)C(=O)Nc1ccncn1)c(C(F)(F)F)n2Cc1ccc(Cl)cc1.COc1ccc2c(c1)c(C(=O)C(=O)Nc1ccncn1)c(C(F)(F)F)n2Cc1ccc(Cl)cc1. The summed E-state index contributed by atoms with van der Waals surface area (Å²) in [6.07, 6.45) is -4.99. The smallest absolute Gasteiger partial charge is 0.432 e. The molecule has 4 aromatic heterocycles. The minimum Gasteiger partial charge on any atom is -0.497 e. The molecule has 0 aliphatic carbocycles. The van der Waals surface area contributed by atoms with Gasteiger partial charge in [0.15, 0.2) is 0 Å². The van der Waals surface area contributed by atoms with Crippen molar-refractivity contribution in [2.24, 2.45) is 0 Å². The van der Waals surface area contributed by atoms with Crippen LogP contribution in [0.1, 0.15) is 50.2 Å². The maximum atomic E-state index is 14.4. The van der Waals surface area contributed by atoms with Crippen molar-refractivity contribution in [3.63, 3.8) is 0 Å². The minimum absolute atomic E-state index is 0.0215. The van der Waals surface area contributed by atoms with Gasteiger partial charge in [-0.1, -0.05) is 47.5 Å². The lowest BCUT2D eigenvalue weighted by Crippen LogP contribution is -2.26. The number of fused-ring (bicyclic) bond motifs is 2. The van der Waals surface area contributed by atoms with Gasteiger partial charge in [0.25, 0.3) is 23.4 Å². The highest BCUT2D eigenvalue weighted by Crippen LogP contribution is 2.42. The highest BCUT2D eigenvalue weighted by atomic mass is 35.5. The van der Waals surface area contributed by atoms with E-state index in [9.17, 15) is 45.5 Å². The normalized spacial score (nSPS) is 11.4. The van der Waals surface area contributed by atoms with Crippen molar-refractivity contribution < 1.29 is 55.0 Å². The number of rotatable bonds is 13. The molecule has 14 nitrogen and oxygen atoms in total. The minimum atomic E-state index is -4.95. The number of carbonyl (C=O) groups excluding carboxylic acids is 4. The zero-order valence-electron chi connectivity index (χ0n) is 35.8. The maximum absolute atomic E-state index is 14.4. The Morgan fingerprint density at radius 1 is 0.594 bits per heavy atom. The second-order valence-electron chi connectivity index (χ2n) is 14.6. The summed E-state index contributed by atoms with van der Waals surface area (Å²) >= 11 is 11.8. The van der Waals surface area contributed by atoms with Gasteiger partial charge in [0.2, 0.25) is 0 Å². The van der Waals surface area contributed by atoms with Gasteiger partial charge >= 0.3 is 12.4 Å². The third kappa shape index (κ3) is 11.1. The van der Waals surface area contributed by atoms with E-state index in [1.54, 1.807) is 55.5 Å². The highest BCUT2D eigenvalue weighted by molar-refractivity contribution is 6.49. The van der Waals surface area contributed by atoms with Crippen LogP contribution in [0.5, 0.6) is 11.5 Å². The number of nitrogens with zero attached hydrogens (tertiary/aromatic N) is 6. The monoisotopic (exact) mass is 990 g/mol. The Kier molecular flexibility index (Phi) is 14.6. The van der Waals surface area contributed by atoms with E-state index >= 15 is 0 Å². The van der Waals surface area contributed by atoms with Crippen LogP contribution < -0.4 is 20.1 Å². The first-order chi connectivity index (χ1) is 32.9. The van der Waals surface area contributed by atoms with Gasteiger partial charge in [-0.05, 0) is 90.8 Å². The molecule has 2 amide bonds. The molecule has 2 N–H and O–H groups in total. The first-order valence-corrected chi connectivity index (χ1v) is 21.0. The fourth-order valence-corrected chi connectivity index (χ4v) is 7.53. The van der Waals surface area contributed by atoms with E-state index in [0.717, 1.165) is 21.8 Å². The molecule has 0 aliphatic heterocycles.